The normalized spacial score (nSPS) is 9.56. The van der Waals surface area contributed by atoms with Crippen LogP contribution in [0.4, 0.5) is 0 Å². The molecule has 0 aliphatic heterocycles. The molecule has 6 heteroatoms. The van der Waals surface area contributed by atoms with E-state index in [0.29, 0.717) is 19.8 Å². The van der Waals surface area contributed by atoms with Crippen molar-refractivity contribution in [2.45, 2.75) is 6.61 Å². The second-order valence-corrected chi connectivity index (χ2v) is 3.65. The van der Waals surface area contributed by atoms with Gasteiger partial charge in [-0.05, 0) is 5.56 Å². The molecule has 0 fully saturated rings. The van der Waals surface area contributed by atoms with Gasteiger partial charge in [0.05, 0.1) is 13.2 Å². The average molecular weight is 252 g/mol. The van der Waals surface area contributed by atoms with Gasteiger partial charge in [-0.15, -0.1) is 0 Å². The van der Waals surface area contributed by atoms with Crippen LogP contribution >= 0.6 is 8.03 Å². The summed E-state index contributed by atoms with van der Waals surface area (Å²) in [4.78, 5) is 9.04. The summed E-state index contributed by atoms with van der Waals surface area (Å²) in [6.45, 7) is 3.01. The minimum atomic E-state index is -2.12. The van der Waals surface area contributed by atoms with E-state index in [1.165, 1.54) is 5.56 Å². The number of ether oxygens (including phenoxy) is 1. The van der Waals surface area contributed by atoms with Crippen molar-refractivity contribution in [3.8, 4) is 0 Å². The molecule has 0 saturated carbocycles. The smallest absolute Gasteiger partial charge is 0.596 e. The van der Waals surface area contributed by atoms with Crippen LogP contribution in [0.25, 0.3) is 0 Å². The second kappa shape index (κ2) is 13.3. The van der Waals surface area contributed by atoms with Crippen molar-refractivity contribution in [1.82, 2.24) is 0 Å². The molecule has 0 bridgehead atoms. The van der Waals surface area contributed by atoms with Crippen LogP contribution in [-0.2, 0) is 15.9 Å². The van der Waals surface area contributed by atoms with Crippen LogP contribution in [0.1, 0.15) is 5.56 Å². The molecule has 0 aliphatic carbocycles. The summed E-state index contributed by atoms with van der Waals surface area (Å²) in [6, 6.07) is 10.1. The summed E-state index contributed by atoms with van der Waals surface area (Å²) in [5.41, 5.74) is 6.46. The molecule has 1 aromatic rings. The summed E-state index contributed by atoms with van der Waals surface area (Å²) in [6.07, 6.45) is 0. The average Bonchev–Trinajstić information content (AvgIpc) is 2.19. The van der Waals surface area contributed by atoms with Gasteiger partial charge in [-0.25, -0.2) is 0 Å². The summed E-state index contributed by atoms with van der Waals surface area (Å²) >= 11 is 0. The molecule has 4 nitrogen and oxygen atoms in total. The minimum Gasteiger partial charge on any atom is -0.596 e. The van der Waals surface area contributed by atoms with Crippen molar-refractivity contribution in [2.24, 2.45) is 5.73 Å². The number of hydrogen-bond acceptors (Lipinski definition) is 4. The van der Waals surface area contributed by atoms with E-state index in [1.807, 2.05) is 30.3 Å². The van der Waals surface area contributed by atoms with Gasteiger partial charge in [0.1, 0.15) is 6.66 Å². The molecule has 0 aromatic heterocycles. The molecule has 0 radical (unpaired) electrons. The summed E-state index contributed by atoms with van der Waals surface area (Å²) in [5.74, 6) is 0. The number of rotatable bonds is 4. The molecule has 0 amide bonds. The van der Waals surface area contributed by atoms with Crippen molar-refractivity contribution >= 4 is 8.03 Å². The van der Waals surface area contributed by atoms with E-state index in [1.54, 1.807) is 0 Å². The molecule has 1 rings (SSSR count). The van der Waals surface area contributed by atoms with Crippen LogP contribution in [0, 0.1) is 0 Å². The number of hydrogen-bond donors (Lipinski definition) is 1. The topological polar surface area (TPSA) is 75.4 Å². The first-order valence-corrected chi connectivity index (χ1v) is 6.19. The zero-order chi connectivity index (χ0) is 11.5. The summed E-state index contributed by atoms with van der Waals surface area (Å²) in [5, 5.41) is 0. The molecule has 0 saturated heterocycles. The first kappa shape index (κ1) is 18.6. The maximum Gasteiger partial charge on any atom is 1.00 e. The fraction of sp³-hybridized carbons (Fsp3) is 0.400. The largest absolute Gasteiger partial charge is 1.00 e. The predicted molar refractivity (Wildman–Crippen MR) is 58.7 cm³/mol. The van der Waals surface area contributed by atoms with Gasteiger partial charge < -0.3 is 15.4 Å². The number of benzene rings is 1. The molecule has 0 aliphatic rings. The van der Waals surface area contributed by atoms with Gasteiger partial charge in [0.25, 0.3) is 0 Å². The van der Waals surface area contributed by atoms with Crippen LogP contribution in [0.2, 0.25) is 0 Å². The van der Waals surface area contributed by atoms with Gasteiger partial charge in [0.15, 0.2) is 0 Å². The SMILES string of the molecule is C[P+](=O)[O-].NCCOCc1ccccc1.[Na+]. The van der Waals surface area contributed by atoms with Crippen molar-refractivity contribution < 1.29 is 43.8 Å². The second-order valence-electron chi connectivity index (χ2n) is 2.77. The van der Waals surface area contributed by atoms with Crippen LogP contribution in [0.3, 0.4) is 0 Å². The fourth-order valence-electron chi connectivity index (χ4n) is 0.848. The Bertz CT molecular complexity index is 268. The third kappa shape index (κ3) is 14.2. The zero-order valence-electron chi connectivity index (χ0n) is 9.76. The standard InChI is InChI=1S/C9H13NO.CH3O2P.Na/c10-6-7-11-8-9-4-2-1-3-5-9;1-4(2)3;/h1-5H,6-8,10H2;1H3;/q;;+1. The van der Waals surface area contributed by atoms with Crippen molar-refractivity contribution in [1.29, 1.82) is 0 Å². The Hall–Kier alpha value is 0.200. The van der Waals surface area contributed by atoms with Crippen LogP contribution in [-0.4, -0.2) is 19.8 Å². The van der Waals surface area contributed by atoms with E-state index in [9.17, 15) is 0 Å². The van der Waals surface area contributed by atoms with E-state index in [-0.39, 0.29) is 29.6 Å². The Balaban J connectivity index is 0. The third-order valence-electron chi connectivity index (χ3n) is 1.37. The maximum absolute atomic E-state index is 9.04. The molecule has 1 unspecified atom stereocenters. The molecule has 2 N–H and O–H groups in total. The van der Waals surface area contributed by atoms with E-state index >= 15 is 0 Å². The molecular weight excluding hydrogens is 236 g/mol. The Labute approximate surface area is 119 Å². The quantitative estimate of drug-likeness (QED) is 0.378. The first-order valence-electron chi connectivity index (χ1n) is 4.56. The molecule has 1 aromatic carbocycles. The Kier molecular flexibility index (Phi) is 15.4. The Morgan fingerprint density at radius 2 is 1.88 bits per heavy atom. The van der Waals surface area contributed by atoms with Gasteiger partial charge >= 0.3 is 37.6 Å². The monoisotopic (exact) mass is 252 g/mol. The summed E-state index contributed by atoms with van der Waals surface area (Å²) < 4.78 is 14.3. The van der Waals surface area contributed by atoms with Gasteiger partial charge in [0.2, 0.25) is 0 Å². The van der Waals surface area contributed by atoms with E-state index in [0.717, 1.165) is 6.66 Å². The van der Waals surface area contributed by atoms with Crippen molar-refractivity contribution in [2.75, 3.05) is 19.8 Å². The van der Waals surface area contributed by atoms with Gasteiger partial charge in [-0.2, -0.15) is 0 Å². The minimum absolute atomic E-state index is 0. The van der Waals surface area contributed by atoms with Crippen molar-refractivity contribution in [3.63, 3.8) is 0 Å². The maximum atomic E-state index is 9.04. The van der Waals surface area contributed by atoms with Crippen LogP contribution < -0.4 is 40.2 Å². The Morgan fingerprint density at radius 1 is 1.38 bits per heavy atom. The molecule has 1 atom stereocenters. The summed E-state index contributed by atoms with van der Waals surface area (Å²) in [7, 11) is -2.12. The zero-order valence-corrected chi connectivity index (χ0v) is 12.7. The van der Waals surface area contributed by atoms with Gasteiger partial charge in [0, 0.05) is 6.54 Å². The van der Waals surface area contributed by atoms with E-state index in [2.05, 4.69) is 0 Å². The molecule has 16 heavy (non-hydrogen) atoms. The molecule has 0 heterocycles. The van der Waals surface area contributed by atoms with Crippen LogP contribution in [0.5, 0.6) is 0 Å². The first-order chi connectivity index (χ1) is 7.16. The van der Waals surface area contributed by atoms with Gasteiger partial charge in [-0.1, -0.05) is 34.9 Å². The third-order valence-corrected chi connectivity index (χ3v) is 1.37. The van der Waals surface area contributed by atoms with E-state index in [4.69, 9.17) is 19.9 Å². The fourth-order valence-corrected chi connectivity index (χ4v) is 0.848. The predicted octanol–water partition coefficient (Wildman–Crippen LogP) is -2.12. The molecule has 84 valence electrons. The van der Waals surface area contributed by atoms with Gasteiger partial charge in [-0.3, -0.25) is 0 Å². The van der Waals surface area contributed by atoms with Crippen LogP contribution in [0.15, 0.2) is 30.3 Å². The molecule has 0 spiro atoms. The van der Waals surface area contributed by atoms with Crippen molar-refractivity contribution in [3.05, 3.63) is 35.9 Å². The Morgan fingerprint density at radius 3 is 2.31 bits per heavy atom. The number of nitrogens with two attached hydrogens (primary N) is 1. The molecular formula is C10H16NNaO3P+. The van der Waals surface area contributed by atoms with E-state index < -0.39 is 8.03 Å².